The Morgan fingerprint density at radius 3 is 2.90 bits per heavy atom. The van der Waals surface area contributed by atoms with Crippen molar-refractivity contribution in [2.75, 3.05) is 13.2 Å². The third-order valence-electron chi connectivity index (χ3n) is 2.76. The van der Waals surface area contributed by atoms with E-state index in [0.29, 0.717) is 5.69 Å². The molecule has 7 nitrogen and oxygen atoms in total. The minimum atomic E-state index is -1.11. The van der Waals surface area contributed by atoms with Crippen LogP contribution >= 0.6 is 0 Å². The Morgan fingerprint density at radius 2 is 2.25 bits per heavy atom. The maximum atomic E-state index is 11.8. The number of amides is 1. The minimum absolute atomic E-state index is 0.0209. The van der Waals surface area contributed by atoms with Crippen LogP contribution in [0.5, 0.6) is 0 Å². The number of Topliss-reactive ketones (excluding diaryl/α,β-unsaturated/α-hetero) is 1. The Labute approximate surface area is 115 Å². The van der Waals surface area contributed by atoms with Gasteiger partial charge in [-0.1, -0.05) is 6.07 Å². The molecule has 1 aliphatic heterocycles. The van der Waals surface area contributed by atoms with Crippen molar-refractivity contribution < 1.29 is 23.9 Å². The zero-order valence-electron chi connectivity index (χ0n) is 10.9. The van der Waals surface area contributed by atoms with Crippen LogP contribution in [0.4, 0.5) is 4.79 Å². The quantitative estimate of drug-likeness (QED) is 0.590. The summed E-state index contributed by atoms with van der Waals surface area (Å²) < 4.78 is 9.39. The summed E-state index contributed by atoms with van der Waals surface area (Å²) in [6, 6.07) is 5.29. The van der Waals surface area contributed by atoms with Gasteiger partial charge in [-0.05, 0) is 19.1 Å². The fourth-order valence-electron chi connectivity index (χ4n) is 1.84. The molecule has 106 valence electrons. The summed E-state index contributed by atoms with van der Waals surface area (Å²) in [4.78, 5) is 40.0. The zero-order chi connectivity index (χ0) is 14.5. The molecule has 1 unspecified atom stereocenters. The van der Waals surface area contributed by atoms with Crippen molar-refractivity contribution in [3.63, 3.8) is 0 Å². The molecule has 0 N–H and O–H groups in total. The summed E-state index contributed by atoms with van der Waals surface area (Å²) in [6.07, 6.45) is -0.451. The van der Waals surface area contributed by atoms with Gasteiger partial charge in [0.1, 0.15) is 0 Å². The van der Waals surface area contributed by atoms with Crippen LogP contribution in [0, 0.1) is 0 Å². The van der Waals surface area contributed by atoms with Crippen LogP contribution in [0.3, 0.4) is 0 Å². The molecule has 1 aromatic heterocycles. The van der Waals surface area contributed by atoms with Gasteiger partial charge in [0.15, 0.2) is 6.10 Å². The highest BCUT2D eigenvalue weighted by atomic mass is 16.7. The van der Waals surface area contributed by atoms with Crippen molar-refractivity contribution in [1.82, 2.24) is 9.88 Å². The normalized spacial score (nSPS) is 18.2. The van der Waals surface area contributed by atoms with Crippen LogP contribution in [-0.2, 0) is 25.6 Å². The highest BCUT2D eigenvalue weighted by Gasteiger charge is 2.41. The van der Waals surface area contributed by atoms with Crippen molar-refractivity contribution in [3.05, 3.63) is 30.1 Å². The first-order chi connectivity index (χ1) is 9.61. The first-order valence-electron chi connectivity index (χ1n) is 6.18. The van der Waals surface area contributed by atoms with Gasteiger partial charge in [-0.2, -0.15) is 0 Å². The summed E-state index contributed by atoms with van der Waals surface area (Å²) in [6.45, 7) is 1.99. The molecule has 2 rings (SSSR count). The third-order valence-corrected chi connectivity index (χ3v) is 2.76. The van der Waals surface area contributed by atoms with Gasteiger partial charge in [0, 0.05) is 6.20 Å². The molecule has 0 saturated carbocycles. The molecule has 1 saturated heterocycles. The third kappa shape index (κ3) is 3.11. The van der Waals surface area contributed by atoms with Crippen LogP contribution in [0.15, 0.2) is 24.4 Å². The molecular weight excluding hydrogens is 264 g/mol. The van der Waals surface area contributed by atoms with E-state index >= 15 is 0 Å². The molecule has 0 bridgehead atoms. The van der Waals surface area contributed by atoms with E-state index in [0.717, 1.165) is 0 Å². The van der Waals surface area contributed by atoms with E-state index in [4.69, 9.17) is 4.74 Å². The van der Waals surface area contributed by atoms with Gasteiger partial charge in [0.2, 0.25) is 0 Å². The maximum absolute atomic E-state index is 11.8. The summed E-state index contributed by atoms with van der Waals surface area (Å²) >= 11 is 0. The van der Waals surface area contributed by atoms with Crippen LogP contribution in [0.2, 0.25) is 0 Å². The summed E-state index contributed by atoms with van der Waals surface area (Å²) in [5.41, 5.74) is 0.658. The number of ketones is 1. The highest BCUT2D eigenvalue weighted by molar-refractivity contribution is 6.39. The largest absolute Gasteiger partial charge is 0.509 e. The molecule has 0 radical (unpaired) electrons. The molecule has 1 atom stereocenters. The second-order valence-corrected chi connectivity index (χ2v) is 4.16. The van der Waals surface area contributed by atoms with Gasteiger partial charge in [-0.3, -0.25) is 14.6 Å². The van der Waals surface area contributed by atoms with Gasteiger partial charge in [-0.25, -0.2) is 4.79 Å². The van der Waals surface area contributed by atoms with Crippen molar-refractivity contribution >= 4 is 17.8 Å². The SMILES string of the molecule is CCOC(=O)OC1CN(Cc2ccccn2)C(=O)C1=O. The Balaban J connectivity index is 1.98. The maximum Gasteiger partial charge on any atom is 0.509 e. The van der Waals surface area contributed by atoms with Gasteiger partial charge in [0.05, 0.1) is 25.4 Å². The van der Waals surface area contributed by atoms with Gasteiger partial charge in [-0.15, -0.1) is 0 Å². The lowest BCUT2D eigenvalue weighted by atomic mass is 10.3. The van der Waals surface area contributed by atoms with Crippen molar-refractivity contribution in [2.45, 2.75) is 19.6 Å². The number of ether oxygens (including phenoxy) is 2. The average molecular weight is 278 g/mol. The fraction of sp³-hybridized carbons (Fsp3) is 0.385. The Hall–Kier alpha value is -2.44. The Bertz CT molecular complexity index is 517. The first kappa shape index (κ1) is 14.0. The second kappa shape index (κ2) is 6.14. The average Bonchev–Trinajstić information content (AvgIpc) is 2.69. The van der Waals surface area contributed by atoms with E-state index in [-0.39, 0.29) is 19.7 Å². The fourth-order valence-corrected chi connectivity index (χ4v) is 1.84. The monoisotopic (exact) mass is 278 g/mol. The number of carbonyl (C=O) groups excluding carboxylic acids is 3. The molecule has 20 heavy (non-hydrogen) atoms. The molecular formula is C13H14N2O5. The molecule has 1 amide bonds. The summed E-state index contributed by atoms with van der Waals surface area (Å²) in [5, 5.41) is 0. The van der Waals surface area contributed by atoms with Crippen molar-refractivity contribution in [3.8, 4) is 0 Å². The smallest absolute Gasteiger partial charge is 0.435 e. The molecule has 2 heterocycles. The lowest BCUT2D eigenvalue weighted by Gasteiger charge is -2.14. The number of hydrogen-bond donors (Lipinski definition) is 0. The van der Waals surface area contributed by atoms with E-state index in [2.05, 4.69) is 9.72 Å². The van der Waals surface area contributed by atoms with E-state index in [1.165, 1.54) is 4.90 Å². The summed E-state index contributed by atoms with van der Waals surface area (Å²) in [5.74, 6) is -1.42. The van der Waals surface area contributed by atoms with Crippen molar-refractivity contribution in [1.29, 1.82) is 0 Å². The van der Waals surface area contributed by atoms with E-state index < -0.39 is 23.9 Å². The van der Waals surface area contributed by atoms with Crippen LogP contribution in [0.25, 0.3) is 0 Å². The number of rotatable bonds is 4. The number of nitrogens with zero attached hydrogens (tertiary/aromatic N) is 2. The highest BCUT2D eigenvalue weighted by Crippen LogP contribution is 2.14. The summed E-state index contributed by atoms with van der Waals surface area (Å²) in [7, 11) is 0. The topological polar surface area (TPSA) is 85.8 Å². The molecule has 7 heteroatoms. The van der Waals surface area contributed by atoms with Gasteiger partial charge < -0.3 is 14.4 Å². The van der Waals surface area contributed by atoms with E-state index in [1.807, 2.05) is 0 Å². The molecule has 1 aromatic rings. The van der Waals surface area contributed by atoms with Gasteiger partial charge in [0.25, 0.3) is 11.7 Å². The number of hydrogen-bond acceptors (Lipinski definition) is 6. The van der Waals surface area contributed by atoms with Crippen LogP contribution < -0.4 is 0 Å². The second-order valence-electron chi connectivity index (χ2n) is 4.16. The number of likely N-dealkylation sites (tertiary alicyclic amines) is 1. The predicted octanol–water partition coefficient (Wildman–Crippen LogP) is 0.535. The molecule has 0 spiro atoms. The standard InChI is InChI=1S/C13H14N2O5/c1-2-19-13(18)20-10-8-15(12(17)11(10)16)7-9-5-3-4-6-14-9/h3-6,10H,2,7-8H2,1H3. The number of carbonyl (C=O) groups is 3. The van der Waals surface area contributed by atoms with Crippen molar-refractivity contribution in [2.24, 2.45) is 0 Å². The molecule has 0 aromatic carbocycles. The minimum Gasteiger partial charge on any atom is -0.435 e. The van der Waals surface area contributed by atoms with Gasteiger partial charge >= 0.3 is 6.16 Å². The molecule has 1 aliphatic rings. The predicted molar refractivity (Wildman–Crippen MR) is 66.6 cm³/mol. The lowest BCUT2D eigenvalue weighted by Crippen LogP contribution is -2.27. The van der Waals surface area contributed by atoms with E-state index in [1.54, 1.807) is 31.3 Å². The molecule has 1 fully saturated rings. The zero-order valence-corrected chi connectivity index (χ0v) is 10.9. The van der Waals surface area contributed by atoms with Crippen LogP contribution in [-0.4, -0.2) is 47.0 Å². The van der Waals surface area contributed by atoms with Crippen LogP contribution in [0.1, 0.15) is 12.6 Å². The first-order valence-corrected chi connectivity index (χ1v) is 6.18. The number of aromatic nitrogens is 1. The molecule has 0 aliphatic carbocycles. The Morgan fingerprint density at radius 1 is 1.45 bits per heavy atom. The Kier molecular flexibility index (Phi) is 4.29. The lowest BCUT2D eigenvalue weighted by molar-refractivity contribution is -0.142. The number of pyridine rings is 1. The van der Waals surface area contributed by atoms with E-state index in [9.17, 15) is 14.4 Å².